The van der Waals surface area contributed by atoms with Gasteiger partial charge in [-0.25, -0.2) is 0 Å². The summed E-state index contributed by atoms with van der Waals surface area (Å²) in [4.78, 5) is 12.1. The first-order valence-electron chi connectivity index (χ1n) is 6.30. The summed E-state index contributed by atoms with van der Waals surface area (Å²) in [5.41, 5.74) is 0.220. The Bertz CT molecular complexity index is 578. The highest BCUT2D eigenvalue weighted by Gasteiger charge is 2.15. The van der Waals surface area contributed by atoms with Crippen molar-refractivity contribution < 1.29 is 19.1 Å². The summed E-state index contributed by atoms with van der Waals surface area (Å²) in [6, 6.07) is 8.13. The van der Waals surface area contributed by atoms with Gasteiger partial charge in [0, 0.05) is 18.5 Å². The van der Waals surface area contributed by atoms with E-state index in [1.165, 1.54) is 19.2 Å². The van der Waals surface area contributed by atoms with Gasteiger partial charge < -0.3 is 19.6 Å². The highest BCUT2D eigenvalue weighted by atomic mass is 16.5. The first-order valence-corrected chi connectivity index (χ1v) is 6.30. The Balaban J connectivity index is 2.00. The normalized spacial score (nSPS) is 11.9. The van der Waals surface area contributed by atoms with E-state index in [9.17, 15) is 9.90 Å². The molecule has 0 aliphatic heterocycles. The molecule has 20 heavy (non-hydrogen) atoms. The summed E-state index contributed by atoms with van der Waals surface area (Å²) < 4.78 is 10.2. The molecule has 2 N–H and O–H groups in total. The minimum atomic E-state index is -0.329. The van der Waals surface area contributed by atoms with E-state index in [1.807, 2.05) is 13.0 Å². The number of ether oxygens (including phenoxy) is 1. The number of rotatable bonds is 5. The zero-order valence-electron chi connectivity index (χ0n) is 11.4. The number of aromatic hydroxyl groups is 1. The number of furan rings is 1. The van der Waals surface area contributed by atoms with E-state index in [0.29, 0.717) is 12.2 Å². The van der Waals surface area contributed by atoms with Crippen molar-refractivity contribution >= 4 is 5.91 Å². The second-order valence-corrected chi connectivity index (χ2v) is 4.54. The summed E-state index contributed by atoms with van der Waals surface area (Å²) in [5, 5.41) is 12.6. The number of hydrogen-bond acceptors (Lipinski definition) is 4. The van der Waals surface area contributed by atoms with Crippen molar-refractivity contribution in [3.8, 4) is 11.5 Å². The zero-order chi connectivity index (χ0) is 14.5. The Morgan fingerprint density at radius 3 is 2.85 bits per heavy atom. The van der Waals surface area contributed by atoms with Crippen LogP contribution in [0.3, 0.4) is 0 Å². The molecule has 1 atom stereocenters. The molecule has 0 radical (unpaired) electrons. The molecule has 0 saturated carbocycles. The molecule has 106 valence electrons. The molecular weight excluding hydrogens is 258 g/mol. The van der Waals surface area contributed by atoms with Gasteiger partial charge in [0.1, 0.15) is 17.3 Å². The third kappa shape index (κ3) is 3.32. The lowest BCUT2D eigenvalue weighted by Gasteiger charge is -2.13. The van der Waals surface area contributed by atoms with Crippen LogP contribution in [0.25, 0.3) is 0 Å². The molecule has 1 heterocycles. The monoisotopic (exact) mass is 275 g/mol. The van der Waals surface area contributed by atoms with Crippen LogP contribution in [0.4, 0.5) is 0 Å². The molecule has 0 fully saturated rings. The zero-order valence-corrected chi connectivity index (χ0v) is 11.4. The molecule has 5 nitrogen and oxygen atoms in total. The predicted molar refractivity (Wildman–Crippen MR) is 74.0 cm³/mol. The van der Waals surface area contributed by atoms with Crippen molar-refractivity contribution in [3.63, 3.8) is 0 Å². The number of carbonyl (C=O) groups is 1. The Morgan fingerprint density at radius 1 is 1.45 bits per heavy atom. The van der Waals surface area contributed by atoms with Crippen LogP contribution in [-0.2, 0) is 6.42 Å². The van der Waals surface area contributed by atoms with E-state index in [-0.39, 0.29) is 23.3 Å². The Hall–Kier alpha value is -2.43. The van der Waals surface area contributed by atoms with Gasteiger partial charge in [-0.15, -0.1) is 0 Å². The van der Waals surface area contributed by atoms with Crippen LogP contribution < -0.4 is 10.1 Å². The molecule has 0 saturated heterocycles. The molecule has 0 unspecified atom stereocenters. The first kappa shape index (κ1) is 14.0. The summed E-state index contributed by atoms with van der Waals surface area (Å²) in [6.45, 7) is 1.88. The number of phenolic OH excluding ortho intramolecular Hbond substituents is 1. The highest BCUT2D eigenvalue weighted by molar-refractivity contribution is 5.97. The molecule has 5 heteroatoms. The van der Waals surface area contributed by atoms with E-state index in [1.54, 1.807) is 18.4 Å². The second-order valence-electron chi connectivity index (χ2n) is 4.54. The lowest BCUT2D eigenvalue weighted by Crippen LogP contribution is -2.34. The average Bonchev–Trinajstić information content (AvgIpc) is 2.90. The number of amides is 1. The van der Waals surface area contributed by atoms with E-state index in [2.05, 4.69) is 5.32 Å². The number of benzene rings is 1. The van der Waals surface area contributed by atoms with E-state index >= 15 is 0 Å². The highest BCUT2D eigenvalue weighted by Crippen LogP contribution is 2.23. The van der Waals surface area contributed by atoms with Gasteiger partial charge in [0.25, 0.3) is 5.91 Å². The SMILES string of the molecule is COc1ccc(C(=O)N[C@@H](C)Cc2ccco2)c(O)c1. The predicted octanol–water partition coefficient (Wildman–Crippen LogP) is 2.35. The summed E-state index contributed by atoms with van der Waals surface area (Å²) >= 11 is 0. The lowest BCUT2D eigenvalue weighted by molar-refractivity contribution is 0.0936. The number of phenols is 1. The van der Waals surface area contributed by atoms with Crippen molar-refractivity contribution in [2.75, 3.05) is 7.11 Å². The van der Waals surface area contributed by atoms with Gasteiger partial charge in [0.2, 0.25) is 0 Å². The Kier molecular flexibility index (Phi) is 4.30. The molecule has 2 rings (SSSR count). The Morgan fingerprint density at radius 2 is 2.25 bits per heavy atom. The molecule has 1 aromatic carbocycles. The smallest absolute Gasteiger partial charge is 0.255 e. The van der Waals surface area contributed by atoms with Crippen LogP contribution in [0.15, 0.2) is 41.0 Å². The molecule has 1 amide bonds. The average molecular weight is 275 g/mol. The number of carbonyl (C=O) groups excluding carboxylic acids is 1. The van der Waals surface area contributed by atoms with Gasteiger partial charge >= 0.3 is 0 Å². The molecule has 2 aromatic rings. The van der Waals surface area contributed by atoms with Gasteiger partial charge in [-0.2, -0.15) is 0 Å². The van der Waals surface area contributed by atoms with Crippen molar-refractivity contribution in [1.82, 2.24) is 5.32 Å². The van der Waals surface area contributed by atoms with Crippen molar-refractivity contribution in [2.45, 2.75) is 19.4 Å². The minimum absolute atomic E-state index is 0.102. The van der Waals surface area contributed by atoms with Gasteiger partial charge in [-0.05, 0) is 31.2 Å². The fraction of sp³-hybridized carbons (Fsp3) is 0.267. The van der Waals surface area contributed by atoms with Gasteiger partial charge in [-0.3, -0.25) is 4.79 Å². The maximum Gasteiger partial charge on any atom is 0.255 e. The summed E-state index contributed by atoms with van der Waals surface area (Å²) in [5.74, 6) is 0.871. The first-order chi connectivity index (χ1) is 9.60. The van der Waals surface area contributed by atoms with E-state index < -0.39 is 0 Å². The fourth-order valence-electron chi connectivity index (χ4n) is 1.91. The molecule has 0 spiro atoms. The van der Waals surface area contributed by atoms with Crippen LogP contribution in [0.1, 0.15) is 23.0 Å². The molecule has 1 aromatic heterocycles. The topological polar surface area (TPSA) is 71.7 Å². The Labute approximate surface area is 117 Å². The fourth-order valence-corrected chi connectivity index (χ4v) is 1.91. The molecule has 0 aliphatic carbocycles. The van der Waals surface area contributed by atoms with Crippen LogP contribution in [0, 0.1) is 0 Å². The number of hydrogen-bond donors (Lipinski definition) is 2. The number of methoxy groups -OCH3 is 1. The van der Waals surface area contributed by atoms with Crippen molar-refractivity contribution in [1.29, 1.82) is 0 Å². The van der Waals surface area contributed by atoms with E-state index in [4.69, 9.17) is 9.15 Å². The standard InChI is InChI=1S/C15H17NO4/c1-10(8-12-4-3-7-20-12)16-15(18)13-6-5-11(19-2)9-14(13)17/h3-7,9-10,17H,8H2,1-2H3,(H,16,18)/t10-/m0/s1. The van der Waals surface area contributed by atoms with Crippen molar-refractivity contribution in [3.05, 3.63) is 47.9 Å². The third-order valence-corrected chi connectivity index (χ3v) is 2.91. The third-order valence-electron chi connectivity index (χ3n) is 2.91. The van der Waals surface area contributed by atoms with Gasteiger partial charge in [-0.1, -0.05) is 0 Å². The summed E-state index contributed by atoms with van der Waals surface area (Å²) in [6.07, 6.45) is 2.19. The number of nitrogens with one attached hydrogen (secondary N) is 1. The summed E-state index contributed by atoms with van der Waals surface area (Å²) in [7, 11) is 1.50. The minimum Gasteiger partial charge on any atom is -0.507 e. The van der Waals surface area contributed by atoms with Crippen molar-refractivity contribution in [2.24, 2.45) is 0 Å². The lowest BCUT2D eigenvalue weighted by atomic mass is 10.1. The van der Waals surface area contributed by atoms with Crippen LogP contribution in [0.5, 0.6) is 11.5 Å². The van der Waals surface area contributed by atoms with Crippen LogP contribution in [0.2, 0.25) is 0 Å². The van der Waals surface area contributed by atoms with E-state index in [0.717, 1.165) is 5.76 Å². The maximum absolute atomic E-state index is 12.1. The quantitative estimate of drug-likeness (QED) is 0.878. The molecule has 0 aliphatic rings. The second kappa shape index (κ2) is 6.14. The van der Waals surface area contributed by atoms with Gasteiger partial charge in [0.15, 0.2) is 0 Å². The van der Waals surface area contributed by atoms with Crippen LogP contribution >= 0.6 is 0 Å². The largest absolute Gasteiger partial charge is 0.507 e. The molecular formula is C15H17NO4. The van der Waals surface area contributed by atoms with Gasteiger partial charge in [0.05, 0.1) is 18.9 Å². The van der Waals surface area contributed by atoms with Crippen LogP contribution in [-0.4, -0.2) is 24.2 Å². The maximum atomic E-state index is 12.1. The molecule has 0 bridgehead atoms.